The highest BCUT2D eigenvalue weighted by Gasteiger charge is 2.49. The number of fused-ring (bicyclic) bond motifs is 1. The van der Waals surface area contributed by atoms with Gasteiger partial charge >= 0.3 is 0 Å². The normalized spacial score (nSPS) is 28.7. The van der Waals surface area contributed by atoms with E-state index < -0.39 is 6.04 Å². The van der Waals surface area contributed by atoms with Gasteiger partial charge in [-0.05, 0) is 24.3 Å². The van der Waals surface area contributed by atoms with Gasteiger partial charge in [-0.15, -0.1) is 0 Å². The Kier molecular flexibility index (Phi) is 2.21. The molecule has 1 amide bonds. The molecular formula is C13H16N2O. The molecule has 1 aromatic carbocycles. The average Bonchev–Trinajstić information content (AvgIpc) is 3.00. The van der Waals surface area contributed by atoms with E-state index in [0.717, 1.165) is 24.4 Å². The Hall–Kier alpha value is -1.35. The summed E-state index contributed by atoms with van der Waals surface area (Å²) in [6.45, 7) is 0.898. The third-order valence-corrected chi connectivity index (χ3v) is 3.73. The van der Waals surface area contributed by atoms with Crippen molar-refractivity contribution in [3.63, 3.8) is 0 Å². The standard InChI is InChI=1S/C13H16N2O/c14-12(9-4-2-1-3-5-9)13(16)15-7-6-10-8-11(10)15/h1-5,10-12H,6-8,14H2/t10-,11+,12+/m1/s1. The molecule has 0 aromatic heterocycles. The summed E-state index contributed by atoms with van der Waals surface area (Å²) in [4.78, 5) is 14.2. The van der Waals surface area contributed by atoms with Crippen LogP contribution < -0.4 is 5.73 Å². The number of benzene rings is 1. The molecule has 1 aliphatic carbocycles. The van der Waals surface area contributed by atoms with E-state index in [1.54, 1.807) is 0 Å². The number of carbonyl (C=O) groups excluding carboxylic acids is 1. The van der Waals surface area contributed by atoms with Crippen molar-refractivity contribution in [3.05, 3.63) is 35.9 Å². The number of carbonyl (C=O) groups is 1. The van der Waals surface area contributed by atoms with Crippen LogP contribution in [0.2, 0.25) is 0 Å². The fourth-order valence-corrected chi connectivity index (χ4v) is 2.65. The highest BCUT2D eigenvalue weighted by atomic mass is 16.2. The predicted molar refractivity (Wildman–Crippen MR) is 61.6 cm³/mol. The van der Waals surface area contributed by atoms with Crippen LogP contribution in [0.15, 0.2) is 30.3 Å². The van der Waals surface area contributed by atoms with Gasteiger partial charge in [0.05, 0.1) is 0 Å². The Morgan fingerprint density at radius 3 is 2.69 bits per heavy atom. The number of hydrogen-bond acceptors (Lipinski definition) is 2. The molecule has 0 radical (unpaired) electrons. The number of hydrogen-bond donors (Lipinski definition) is 1. The first-order chi connectivity index (χ1) is 7.77. The average molecular weight is 216 g/mol. The second-order valence-electron chi connectivity index (χ2n) is 4.77. The van der Waals surface area contributed by atoms with Gasteiger partial charge in [0.25, 0.3) is 0 Å². The van der Waals surface area contributed by atoms with Crippen molar-refractivity contribution in [2.24, 2.45) is 11.7 Å². The molecule has 1 aliphatic heterocycles. The fourth-order valence-electron chi connectivity index (χ4n) is 2.65. The van der Waals surface area contributed by atoms with Crippen molar-refractivity contribution in [3.8, 4) is 0 Å². The van der Waals surface area contributed by atoms with Crippen molar-refractivity contribution in [1.82, 2.24) is 4.90 Å². The third-order valence-electron chi connectivity index (χ3n) is 3.73. The lowest BCUT2D eigenvalue weighted by Crippen LogP contribution is -2.38. The van der Waals surface area contributed by atoms with E-state index in [9.17, 15) is 4.79 Å². The van der Waals surface area contributed by atoms with Crippen LogP contribution in [-0.2, 0) is 4.79 Å². The van der Waals surface area contributed by atoms with E-state index in [2.05, 4.69) is 0 Å². The van der Waals surface area contributed by atoms with Crippen molar-refractivity contribution in [2.75, 3.05) is 6.54 Å². The molecular weight excluding hydrogens is 200 g/mol. The number of nitrogens with zero attached hydrogens (tertiary/aromatic N) is 1. The van der Waals surface area contributed by atoms with Crippen molar-refractivity contribution in [2.45, 2.75) is 24.9 Å². The molecule has 16 heavy (non-hydrogen) atoms. The van der Waals surface area contributed by atoms with Crippen LogP contribution in [-0.4, -0.2) is 23.4 Å². The minimum absolute atomic E-state index is 0.0937. The Balaban J connectivity index is 1.75. The summed E-state index contributed by atoms with van der Waals surface area (Å²) in [6.07, 6.45) is 2.35. The summed E-state index contributed by atoms with van der Waals surface area (Å²) in [5, 5.41) is 0. The Morgan fingerprint density at radius 2 is 2.12 bits per heavy atom. The zero-order valence-electron chi connectivity index (χ0n) is 9.17. The van der Waals surface area contributed by atoms with Gasteiger partial charge in [-0.1, -0.05) is 30.3 Å². The zero-order valence-corrected chi connectivity index (χ0v) is 9.17. The number of likely N-dealkylation sites (tertiary alicyclic amines) is 1. The van der Waals surface area contributed by atoms with Crippen molar-refractivity contribution in [1.29, 1.82) is 0 Å². The SMILES string of the molecule is N[C@H](C(=O)N1CC[C@@H]2C[C@@H]21)c1ccccc1. The molecule has 1 saturated carbocycles. The number of amides is 1. The van der Waals surface area contributed by atoms with Crippen LogP contribution in [0.1, 0.15) is 24.4 Å². The van der Waals surface area contributed by atoms with Gasteiger partial charge in [-0.25, -0.2) is 0 Å². The first-order valence-corrected chi connectivity index (χ1v) is 5.88. The molecule has 0 spiro atoms. The summed E-state index contributed by atoms with van der Waals surface area (Å²) in [5.41, 5.74) is 6.92. The molecule has 1 saturated heterocycles. The van der Waals surface area contributed by atoms with Gasteiger partial charge in [-0.2, -0.15) is 0 Å². The van der Waals surface area contributed by atoms with Gasteiger partial charge in [-0.3, -0.25) is 4.79 Å². The predicted octanol–water partition coefficient (Wildman–Crippen LogP) is 1.31. The van der Waals surface area contributed by atoms with Crippen LogP contribution in [0, 0.1) is 5.92 Å². The molecule has 0 bridgehead atoms. The van der Waals surface area contributed by atoms with Gasteiger partial charge in [0, 0.05) is 12.6 Å². The largest absolute Gasteiger partial charge is 0.338 e. The van der Waals surface area contributed by atoms with E-state index in [1.807, 2.05) is 35.2 Å². The molecule has 3 atom stereocenters. The highest BCUT2D eigenvalue weighted by molar-refractivity contribution is 5.84. The molecule has 2 aliphatic rings. The smallest absolute Gasteiger partial charge is 0.244 e. The van der Waals surface area contributed by atoms with Crippen LogP contribution in [0.3, 0.4) is 0 Å². The fraction of sp³-hybridized carbons (Fsp3) is 0.462. The number of rotatable bonds is 2. The van der Waals surface area contributed by atoms with E-state index in [0.29, 0.717) is 6.04 Å². The Labute approximate surface area is 95.2 Å². The van der Waals surface area contributed by atoms with Gasteiger partial charge in [0.1, 0.15) is 6.04 Å². The summed E-state index contributed by atoms with van der Waals surface area (Å²) < 4.78 is 0. The maximum absolute atomic E-state index is 12.2. The van der Waals surface area contributed by atoms with Crippen LogP contribution in [0.4, 0.5) is 0 Å². The first-order valence-electron chi connectivity index (χ1n) is 5.88. The lowest BCUT2D eigenvalue weighted by atomic mass is 10.1. The maximum atomic E-state index is 12.2. The summed E-state index contributed by atoms with van der Waals surface area (Å²) >= 11 is 0. The molecule has 0 unspecified atom stereocenters. The second-order valence-corrected chi connectivity index (χ2v) is 4.77. The van der Waals surface area contributed by atoms with Crippen molar-refractivity contribution < 1.29 is 4.79 Å². The maximum Gasteiger partial charge on any atom is 0.244 e. The number of piperidine rings is 1. The first kappa shape index (κ1) is 9.85. The molecule has 3 heteroatoms. The van der Waals surface area contributed by atoms with E-state index in [-0.39, 0.29) is 5.91 Å². The van der Waals surface area contributed by atoms with Crippen LogP contribution >= 0.6 is 0 Å². The minimum atomic E-state index is -0.486. The molecule has 1 heterocycles. The van der Waals surface area contributed by atoms with Gasteiger partial charge in [0.2, 0.25) is 5.91 Å². The minimum Gasteiger partial charge on any atom is -0.338 e. The highest BCUT2D eigenvalue weighted by Crippen LogP contribution is 2.45. The molecule has 84 valence electrons. The zero-order chi connectivity index (χ0) is 11.1. The van der Waals surface area contributed by atoms with Gasteiger partial charge in [0.15, 0.2) is 0 Å². The lowest BCUT2D eigenvalue weighted by molar-refractivity contribution is -0.132. The molecule has 2 N–H and O–H groups in total. The Morgan fingerprint density at radius 1 is 1.38 bits per heavy atom. The van der Waals surface area contributed by atoms with Gasteiger partial charge < -0.3 is 10.6 Å². The quantitative estimate of drug-likeness (QED) is 0.810. The van der Waals surface area contributed by atoms with E-state index in [4.69, 9.17) is 5.73 Å². The molecule has 2 fully saturated rings. The lowest BCUT2D eigenvalue weighted by Gasteiger charge is -2.22. The summed E-state index contributed by atoms with van der Waals surface area (Å²) in [7, 11) is 0. The van der Waals surface area contributed by atoms with Crippen LogP contribution in [0.5, 0.6) is 0 Å². The van der Waals surface area contributed by atoms with Crippen LogP contribution in [0.25, 0.3) is 0 Å². The molecule has 3 rings (SSSR count). The monoisotopic (exact) mass is 216 g/mol. The second kappa shape index (κ2) is 3.59. The van der Waals surface area contributed by atoms with E-state index >= 15 is 0 Å². The number of nitrogens with two attached hydrogens (primary N) is 1. The van der Waals surface area contributed by atoms with Crippen molar-refractivity contribution >= 4 is 5.91 Å². The Bertz CT molecular complexity index is 404. The third kappa shape index (κ3) is 1.52. The summed E-state index contributed by atoms with van der Waals surface area (Å²) in [5.74, 6) is 0.864. The molecule has 3 nitrogen and oxygen atoms in total. The topological polar surface area (TPSA) is 46.3 Å². The summed E-state index contributed by atoms with van der Waals surface area (Å²) in [6, 6.07) is 9.64. The molecule has 1 aromatic rings. The van der Waals surface area contributed by atoms with E-state index in [1.165, 1.54) is 6.42 Å².